The molecule has 208 valence electrons. The molecular weight excluding hydrogens is 521 g/mol. The highest BCUT2D eigenvalue weighted by molar-refractivity contribution is 5.96. The number of fused-ring (bicyclic) bond motifs is 1. The van der Waals surface area contributed by atoms with Crippen LogP contribution in [0, 0.1) is 0 Å². The van der Waals surface area contributed by atoms with Crippen molar-refractivity contribution in [2.24, 2.45) is 0 Å². The van der Waals surface area contributed by atoms with E-state index in [1.165, 1.54) is 12.3 Å². The fourth-order valence-corrected chi connectivity index (χ4v) is 4.86. The molecule has 1 aliphatic rings. The zero-order chi connectivity index (χ0) is 28.3. The SMILES string of the molecule is CCN(CC)c1cnnnc1N1CCN(C(=O)c2ccc(Nc3ccnc4cc(C(F)(F)F)ccc34)cc2)CC1. The zero-order valence-corrected chi connectivity index (χ0v) is 22.2. The molecule has 1 N–H and O–H groups in total. The molecule has 3 heterocycles. The standard InChI is InChI=1S/C28H29F3N8O/c1-3-37(4-2)25-18-33-36-35-26(25)38-13-15-39(16-14-38)27(40)19-5-8-21(9-6-19)34-23-11-12-32-24-17-20(28(29,30)31)7-10-22(23)24/h5-12,17-18H,3-4,13-16H2,1-2H3,(H,32,34). The summed E-state index contributed by atoms with van der Waals surface area (Å²) in [6.07, 6.45) is -1.24. The quantitative estimate of drug-likeness (QED) is 0.344. The molecule has 1 amide bonds. The van der Waals surface area contributed by atoms with Gasteiger partial charge < -0.3 is 20.0 Å². The molecule has 0 aliphatic carbocycles. The number of alkyl halides is 3. The molecule has 0 atom stereocenters. The Bertz CT molecular complexity index is 1480. The van der Waals surface area contributed by atoms with E-state index in [0.29, 0.717) is 48.5 Å². The van der Waals surface area contributed by atoms with E-state index in [1.807, 2.05) is 4.90 Å². The van der Waals surface area contributed by atoms with Gasteiger partial charge in [0.15, 0.2) is 5.82 Å². The summed E-state index contributed by atoms with van der Waals surface area (Å²) in [6, 6.07) is 12.2. The highest BCUT2D eigenvalue weighted by Crippen LogP contribution is 2.33. The van der Waals surface area contributed by atoms with Crippen molar-refractivity contribution >= 4 is 39.7 Å². The predicted molar refractivity (Wildman–Crippen MR) is 148 cm³/mol. The summed E-state index contributed by atoms with van der Waals surface area (Å²) in [6.45, 7) is 8.17. The number of anilines is 4. The van der Waals surface area contributed by atoms with Crippen LogP contribution in [-0.4, -0.2) is 70.5 Å². The third-order valence-corrected chi connectivity index (χ3v) is 7.05. The van der Waals surface area contributed by atoms with Gasteiger partial charge >= 0.3 is 6.18 Å². The molecule has 12 heteroatoms. The van der Waals surface area contributed by atoms with Crippen LogP contribution in [0.25, 0.3) is 10.9 Å². The number of halogens is 3. The molecule has 1 aliphatic heterocycles. The van der Waals surface area contributed by atoms with Gasteiger partial charge in [0.05, 0.1) is 17.3 Å². The van der Waals surface area contributed by atoms with Gasteiger partial charge in [-0.05, 0) is 61.5 Å². The summed E-state index contributed by atoms with van der Waals surface area (Å²) >= 11 is 0. The maximum Gasteiger partial charge on any atom is 0.416 e. The minimum Gasteiger partial charge on any atom is -0.368 e. The number of carbonyl (C=O) groups excluding carboxylic acids is 1. The number of nitrogens with one attached hydrogen (secondary N) is 1. The van der Waals surface area contributed by atoms with Gasteiger partial charge in [-0.3, -0.25) is 9.78 Å². The van der Waals surface area contributed by atoms with Crippen molar-refractivity contribution in [3.63, 3.8) is 0 Å². The third kappa shape index (κ3) is 5.61. The topological polar surface area (TPSA) is 90.4 Å². The van der Waals surface area contributed by atoms with E-state index in [2.05, 4.69) is 49.4 Å². The molecular formula is C28H29F3N8O. The Hall–Kier alpha value is -4.48. The van der Waals surface area contributed by atoms with Gasteiger partial charge in [0.1, 0.15) is 5.69 Å². The Labute approximate surface area is 229 Å². The third-order valence-electron chi connectivity index (χ3n) is 7.05. The lowest BCUT2D eigenvalue weighted by Crippen LogP contribution is -2.49. The summed E-state index contributed by atoms with van der Waals surface area (Å²) in [5.74, 6) is 0.713. The average molecular weight is 551 g/mol. The minimum atomic E-state index is -4.43. The van der Waals surface area contributed by atoms with Crippen LogP contribution in [0.15, 0.2) is 60.9 Å². The maximum atomic E-state index is 13.2. The van der Waals surface area contributed by atoms with E-state index in [-0.39, 0.29) is 11.4 Å². The van der Waals surface area contributed by atoms with Crippen molar-refractivity contribution < 1.29 is 18.0 Å². The number of aromatic nitrogens is 4. The summed E-state index contributed by atoms with van der Waals surface area (Å²) in [7, 11) is 0. The van der Waals surface area contributed by atoms with Crippen LogP contribution < -0.4 is 15.1 Å². The van der Waals surface area contributed by atoms with Gasteiger partial charge in [-0.2, -0.15) is 13.2 Å². The minimum absolute atomic E-state index is 0.0648. The van der Waals surface area contributed by atoms with Gasteiger partial charge in [0.2, 0.25) is 0 Å². The molecule has 4 aromatic rings. The van der Waals surface area contributed by atoms with Gasteiger partial charge in [0.25, 0.3) is 5.91 Å². The molecule has 0 unspecified atom stereocenters. The van der Waals surface area contributed by atoms with E-state index >= 15 is 0 Å². The van der Waals surface area contributed by atoms with Gasteiger partial charge in [-0.15, -0.1) is 10.2 Å². The fraction of sp³-hybridized carbons (Fsp3) is 0.321. The Morgan fingerprint density at radius 1 is 1.00 bits per heavy atom. The van der Waals surface area contributed by atoms with Crippen LogP contribution in [0.2, 0.25) is 0 Å². The van der Waals surface area contributed by atoms with Crippen LogP contribution in [0.1, 0.15) is 29.8 Å². The lowest BCUT2D eigenvalue weighted by Gasteiger charge is -2.36. The first-order chi connectivity index (χ1) is 19.3. The molecule has 0 bridgehead atoms. The first-order valence-corrected chi connectivity index (χ1v) is 13.1. The van der Waals surface area contributed by atoms with Gasteiger partial charge in [-0.1, -0.05) is 6.07 Å². The number of nitrogens with zero attached hydrogens (tertiary/aromatic N) is 7. The second-order valence-corrected chi connectivity index (χ2v) is 9.38. The molecule has 1 fully saturated rings. The number of carbonyl (C=O) groups is 1. The van der Waals surface area contributed by atoms with E-state index in [9.17, 15) is 18.0 Å². The van der Waals surface area contributed by atoms with Crippen molar-refractivity contribution in [2.75, 3.05) is 54.4 Å². The van der Waals surface area contributed by atoms with Gasteiger partial charge in [0, 0.05) is 67.8 Å². The Balaban J connectivity index is 1.24. The number of rotatable bonds is 7. The van der Waals surface area contributed by atoms with Crippen molar-refractivity contribution in [1.29, 1.82) is 0 Å². The van der Waals surface area contributed by atoms with Gasteiger partial charge in [-0.25, -0.2) is 0 Å². The fourth-order valence-electron chi connectivity index (χ4n) is 4.86. The Kier molecular flexibility index (Phi) is 7.67. The molecule has 0 radical (unpaired) electrons. The van der Waals surface area contributed by atoms with Crippen LogP contribution >= 0.6 is 0 Å². The van der Waals surface area contributed by atoms with Crippen LogP contribution in [0.3, 0.4) is 0 Å². The molecule has 5 rings (SSSR count). The second-order valence-electron chi connectivity index (χ2n) is 9.38. The predicted octanol–water partition coefficient (Wildman–Crippen LogP) is 4.99. The summed E-state index contributed by atoms with van der Waals surface area (Å²) in [4.78, 5) is 23.4. The van der Waals surface area contributed by atoms with Crippen LogP contribution in [0.5, 0.6) is 0 Å². The molecule has 2 aromatic heterocycles. The molecule has 0 saturated carbocycles. The lowest BCUT2D eigenvalue weighted by molar-refractivity contribution is -0.137. The summed E-state index contributed by atoms with van der Waals surface area (Å²) in [5, 5.41) is 15.9. The first-order valence-electron chi connectivity index (χ1n) is 13.1. The largest absolute Gasteiger partial charge is 0.416 e. The van der Waals surface area contributed by atoms with E-state index in [4.69, 9.17) is 0 Å². The average Bonchev–Trinajstić information content (AvgIpc) is 2.98. The molecule has 9 nitrogen and oxygen atoms in total. The maximum absolute atomic E-state index is 13.2. The number of benzene rings is 2. The van der Waals surface area contributed by atoms with Crippen LogP contribution in [-0.2, 0) is 6.18 Å². The van der Waals surface area contributed by atoms with Crippen LogP contribution in [0.4, 0.5) is 36.1 Å². The monoisotopic (exact) mass is 550 g/mol. The molecule has 40 heavy (non-hydrogen) atoms. The van der Waals surface area contributed by atoms with Crippen molar-refractivity contribution in [3.05, 3.63) is 72.1 Å². The van der Waals surface area contributed by atoms with Crippen molar-refractivity contribution in [2.45, 2.75) is 20.0 Å². The number of hydrogen-bond donors (Lipinski definition) is 1. The number of amides is 1. The number of pyridine rings is 1. The second kappa shape index (κ2) is 11.3. The van der Waals surface area contributed by atoms with Crippen molar-refractivity contribution in [3.8, 4) is 0 Å². The normalized spacial score (nSPS) is 13.9. The smallest absolute Gasteiger partial charge is 0.368 e. The molecule has 0 spiro atoms. The van der Waals surface area contributed by atoms with Crippen molar-refractivity contribution in [1.82, 2.24) is 25.3 Å². The van der Waals surface area contributed by atoms with E-state index in [0.717, 1.165) is 36.7 Å². The highest BCUT2D eigenvalue weighted by atomic mass is 19.4. The summed E-state index contributed by atoms with van der Waals surface area (Å²) in [5.41, 5.74) is 2.32. The Morgan fingerprint density at radius 2 is 1.73 bits per heavy atom. The lowest BCUT2D eigenvalue weighted by atomic mass is 10.1. The Morgan fingerprint density at radius 3 is 2.40 bits per heavy atom. The summed E-state index contributed by atoms with van der Waals surface area (Å²) < 4.78 is 39.3. The molecule has 1 saturated heterocycles. The number of piperazine rings is 1. The first kappa shape index (κ1) is 27.1. The van der Waals surface area contributed by atoms with E-state index in [1.54, 1.807) is 36.5 Å². The molecule has 2 aromatic carbocycles. The zero-order valence-electron chi connectivity index (χ0n) is 22.2. The number of hydrogen-bond acceptors (Lipinski definition) is 8. The van der Waals surface area contributed by atoms with E-state index < -0.39 is 11.7 Å². The highest BCUT2D eigenvalue weighted by Gasteiger charge is 2.31.